The number of imidazole rings is 1. The number of aryl methyl sites for hydroxylation is 1. The fourth-order valence-electron chi connectivity index (χ4n) is 3.62. The number of carbonyl (C=O) groups is 1. The van der Waals surface area contributed by atoms with Crippen molar-refractivity contribution in [1.82, 2.24) is 34.6 Å². The Kier molecular flexibility index (Phi) is 5.60. The lowest BCUT2D eigenvalue weighted by Crippen LogP contribution is -2.60. The Bertz CT molecular complexity index is 1150. The summed E-state index contributed by atoms with van der Waals surface area (Å²) in [5, 5.41) is 28.2. The van der Waals surface area contributed by atoms with Crippen LogP contribution in [-0.2, 0) is 18.3 Å². The van der Waals surface area contributed by atoms with Crippen LogP contribution in [0, 0.1) is 0 Å². The molecule has 4 heterocycles. The summed E-state index contributed by atoms with van der Waals surface area (Å²) in [6.07, 6.45) is -0.587. The summed E-state index contributed by atoms with van der Waals surface area (Å²) in [6, 6.07) is 0.908. The van der Waals surface area contributed by atoms with Crippen LogP contribution in [0.5, 0.6) is 0 Å². The smallest absolute Gasteiger partial charge is 0.278 e. The molecule has 0 unspecified atom stereocenters. The molecular weight excluding hydrogens is 406 g/mol. The van der Waals surface area contributed by atoms with E-state index in [0.29, 0.717) is 11.3 Å². The SMILES string of the molecule is CC(C)c1cc(C(=O)N[C@@H]2CO[C@H](Cn3cnc4c(=O)[nH]cnc43)[C@@H](O)[C@H]2O)n(C)n1. The predicted octanol–water partition coefficient (Wildman–Crippen LogP) is -1.10. The number of H-pyrrole nitrogens is 1. The molecule has 1 aliphatic heterocycles. The number of fused-ring (bicyclic) bond motifs is 1. The highest BCUT2D eigenvalue weighted by Gasteiger charge is 2.39. The van der Waals surface area contributed by atoms with E-state index in [0.717, 1.165) is 5.69 Å². The van der Waals surface area contributed by atoms with Crippen molar-refractivity contribution in [1.29, 1.82) is 0 Å². The maximum Gasteiger partial charge on any atom is 0.278 e. The minimum absolute atomic E-state index is 0.00413. The number of ether oxygens (including phenoxy) is 1. The number of aliphatic hydroxyl groups excluding tert-OH is 2. The summed E-state index contributed by atoms with van der Waals surface area (Å²) in [7, 11) is 1.67. The highest BCUT2D eigenvalue weighted by Crippen LogP contribution is 2.20. The van der Waals surface area contributed by atoms with Gasteiger partial charge in [-0.1, -0.05) is 13.8 Å². The number of rotatable bonds is 5. The second-order valence-corrected chi connectivity index (χ2v) is 7.97. The van der Waals surface area contributed by atoms with Crippen LogP contribution in [-0.4, -0.2) is 76.4 Å². The molecule has 12 nitrogen and oxygen atoms in total. The van der Waals surface area contributed by atoms with E-state index in [1.54, 1.807) is 17.7 Å². The molecule has 4 atom stereocenters. The quantitative estimate of drug-likeness (QED) is 0.396. The van der Waals surface area contributed by atoms with Crippen LogP contribution in [0.4, 0.5) is 0 Å². The minimum Gasteiger partial charge on any atom is -0.388 e. The monoisotopic (exact) mass is 431 g/mol. The number of nitrogens with zero attached hydrogens (tertiary/aromatic N) is 5. The number of hydrogen-bond donors (Lipinski definition) is 4. The second-order valence-electron chi connectivity index (χ2n) is 7.97. The van der Waals surface area contributed by atoms with Gasteiger partial charge < -0.3 is 29.8 Å². The van der Waals surface area contributed by atoms with Gasteiger partial charge >= 0.3 is 0 Å². The van der Waals surface area contributed by atoms with Gasteiger partial charge in [-0.2, -0.15) is 5.10 Å². The van der Waals surface area contributed by atoms with Gasteiger partial charge in [0, 0.05) is 7.05 Å². The largest absolute Gasteiger partial charge is 0.388 e. The van der Waals surface area contributed by atoms with E-state index in [2.05, 4.69) is 25.4 Å². The molecule has 1 amide bonds. The van der Waals surface area contributed by atoms with Gasteiger partial charge in [0.1, 0.15) is 24.0 Å². The van der Waals surface area contributed by atoms with Gasteiger partial charge in [0.15, 0.2) is 11.2 Å². The number of carbonyl (C=O) groups excluding carboxylic acids is 1. The lowest BCUT2D eigenvalue weighted by Gasteiger charge is -2.38. The first-order valence-corrected chi connectivity index (χ1v) is 9.97. The number of aromatic nitrogens is 6. The van der Waals surface area contributed by atoms with Crippen molar-refractivity contribution in [2.45, 2.75) is 50.7 Å². The number of amides is 1. The van der Waals surface area contributed by atoms with Crippen LogP contribution in [0.2, 0.25) is 0 Å². The third kappa shape index (κ3) is 3.96. The zero-order valence-electron chi connectivity index (χ0n) is 17.4. The Morgan fingerprint density at radius 3 is 2.84 bits per heavy atom. The van der Waals surface area contributed by atoms with E-state index < -0.39 is 30.3 Å². The molecule has 0 saturated carbocycles. The van der Waals surface area contributed by atoms with Gasteiger partial charge in [0.05, 0.1) is 37.5 Å². The molecule has 0 aliphatic carbocycles. The molecule has 0 radical (unpaired) electrons. The first kappa shape index (κ1) is 21.2. The summed E-state index contributed by atoms with van der Waals surface area (Å²) < 4.78 is 8.79. The topological polar surface area (TPSA) is 160 Å². The van der Waals surface area contributed by atoms with E-state index in [1.807, 2.05) is 13.8 Å². The molecule has 1 aliphatic rings. The molecular formula is C19H25N7O5. The Morgan fingerprint density at radius 2 is 2.13 bits per heavy atom. The summed E-state index contributed by atoms with van der Waals surface area (Å²) in [6.45, 7) is 4.10. The normalized spacial score (nSPS) is 24.1. The van der Waals surface area contributed by atoms with E-state index in [1.165, 1.54) is 17.3 Å². The van der Waals surface area contributed by atoms with Crippen LogP contribution in [0.15, 0.2) is 23.5 Å². The predicted molar refractivity (Wildman–Crippen MR) is 108 cm³/mol. The summed E-state index contributed by atoms with van der Waals surface area (Å²) in [5.74, 6) is -0.243. The summed E-state index contributed by atoms with van der Waals surface area (Å²) >= 11 is 0. The van der Waals surface area contributed by atoms with Crippen molar-refractivity contribution in [3.63, 3.8) is 0 Å². The minimum atomic E-state index is -1.27. The average Bonchev–Trinajstić information content (AvgIpc) is 3.32. The van der Waals surface area contributed by atoms with Crippen LogP contribution >= 0.6 is 0 Å². The van der Waals surface area contributed by atoms with Gasteiger partial charge in [-0.3, -0.25) is 14.3 Å². The fourth-order valence-corrected chi connectivity index (χ4v) is 3.62. The van der Waals surface area contributed by atoms with E-state index in [4.69, 9.17) is 4.74 Å². The average molecular weight is 431 g/mol. The number of aliphatic hydroxyl groups is 2. The van der Waals surface area contributed by atoms with Crippen molar-refractivity contribution in [2.75, 3.05) is 6.61 Å². The zero-order valence-corrected chi connectivity index (χ0v) is 17.4. The Morgan fingerprint density at radius 1 is 1.35 bits per heavy atom. The molecule has 3 aromatic heterocycles. The van der Waals surface area contributed by atoms with Gasteiger partial charge in [0.2, 0.25) is 0 Å². The van der Waals surface area contributed by atoms with Crippen molar-refractivity contribution in [3.8, 4) is 0 Å². The molecule has 3 aromatic rings. The van der Waals surface area contributed by atoms with Crippen molar-refractivity contribution in [2.24, 2.45) is 7.05 Å². The van der Waals surface area contributed by atoms with Crippen LogP contribution in [0.1, 0.15) is 35.9 Å². The fraction of sp³-hybridized carbons (Fsp3) is 0.526. The van der Waals surface area contributed by atoms with Crippen molar-refractivity contribution < 1.29 is 19.7 Å². The number of nitrogens with one attached hydrogen (secondary N) is 2. The molecule has 0 spiro atoms. The molecule has 4 N–H and O–H groups in total. The van der Waals surface area contributed by atoms with Crippen LogP contribution < -0.4 is 10.9 Å². The van der Waals surface area contributed by atoms with Gasteiger partial charge in [-0.05, 0) is 12.0 Å². The third-order valence-electron chi connectivity index (χ3n) is 5.46. The highest BCUT2D eigenvalue weighted by molar-refractivity contribution is 5.93. The lowest BCUT2D eigenvalue weighted by atomic mass is 9.97. The third-order valence-corrected chi connectivity index (χ3v) is 5.46. The first-order chi connectivity index (χ1) is 14.8. The maximum absolute atomic E-state index is 12.7. The maximum atomic E-state index is 12.7. The number of aromatic amines is 1. The molecule has 166 valence electrons. The summed E-state index contributed by atoms with van der Waals surface area (Å²) in [4.78, 5) is 35.0. The first-order valence-electron chi connectivity index (χ1n) is 9.97. The van der Waals surface area contributed by atoms with Crippen LogP contribution in [0.3, 0.4) is 0 Å². The van der Waals surface area contributed by atoms with Crippen LogP contribution in [0.25, 0.3) is 11.2 Å². The van der Waals surface area contributed by atoms with E-state index >= 15 is 0 Å². The molecule has 1 fully saturated rings. The molecule has 31 heavy (non-hydrogen) atoms. The second kappa shape index (κ2) is 8.21. The Labute approximate surface area is 176 Å². The summed E-state index contributed by atoms with van der Waals surface area (Å²) in [5.41, 5.74) is 1.30. The van der Waals surface area contributed by atoms with Crippen molar-refractivity contribution in [3.05, 3.63) is 40.5 Å². The van der Waals surface area contributed by atoms with E-state index in [-0.39, 0.29) is 30.1 Å². The van der Waals surface area contributed by atoms with Crippen molar-refractivity contribution >= 4 is 17.1 Å². The Hall–Kier alpha value is -3.09. The molecule has 12 heteroatoms. The molecule has 0 aromatic carbocycles. The highest BCUT2D eigenvalue weighted by atomic mass is 16.5. The van der Waals surface area contributed by atoms with E-state index in [9.17, 15) is 19.8 Å². The lowest BCUT2D eigenvalue weighted by molar-refractivity contribution is -0.152. The molecule has 0 bridgehead atoms. The molecule has 1 saturated heterocycles. The van der Waals surface area contributed by atoms with Gasteiger partial charge in [0.25, 0.3) is 11.5 Å². The number of hydrogen-bond acceptors (Lipinski definition) is 8. The van der Waals surface area contributed by atoms with Gasteiger partial charge in [-0.15, -0.1) is 0 Å². The zero-order chi connectivity index (χ0) is 22.3. The standard InChI is InChI=1S/C19H25N7O5/c1-9(2)10-4-12(25(3)24-10)18(29)23-11-6-31-13(16(28)15(11)27)5-26-8-22-14-17(26)20-7-21-19(14)30/h4,7-9,11,13,15-16,27-28H,5-6H2,1-3H3,(H,23,29)(H,20,21,30)/t11-,13-,15+,16-/m1/s1. The van der Waals surface area contributed by atoms with Gasteiger partial charge in [-0.25, -0.2) is 9.97 Å². The molecule has 4 rings (SSSR count). The Balaban J connectivity index is 1.43.